The van der Waals surface area contributed by atoms with Crippen molar-refractivity contribution in [2.45, 2.75) is 32.0 Å². The van der Waals surface area contributed by atoms with Gasteiger partial charge < -0.3 is 10.1 Å². The lowest BCUT2D eigenvalue weighted by molar-refractivity contribution is 0.306. The maximum Gasteiger partial charge on any atom is 0.222 e. The second-order valence-corrected chi connectivity index (χ2v) is 7.73. The Morgan fingerprint density at radius 2 is 1.67 bits per heavy atom. The van der Waals surface area contributed by atoms with Gasteiger partial charge in [0.15, 0.2) is 0 Å². The highest BCUT2D eigenvalue weighted by molar-refractivity contribution is 5.39. The zero-order chi connectivity index (χ0) is 20.3. The van der Waals surface area contributed by atoms with E-state index in [1.807, 2.05) is 35.0 Å². The molecule has 30 heavy (non-hydrogen) atoms. The third-order valence-electron chi connectivity index (χ3n) is 5.62. The first-order valence-corrected chi connectivity index (χ1v) is 10.3. The van der Waals surface area contributed by atoms with Crippen molar-refractivity contribution in [3.63, 3.8) is 0 Å². The van der Waals surface area contributed by atoms with Crippen molar-refractivity contribution >= 4 is 5.95 Å². The first kappa shape index (κ1) is 18.4. The second kappa shape index (κ2) is 8.03. The van der Waals surface area contributed by atoms with Gasteiger partial charge in [0, 0.05) is 0 Å². The van der Waals surface area contributed by atoms with Crippen LogP contribution in [0.1, 0.15) is 40.8 Å². The Morgan fingerprint density at radius 3 is 2.43 bits per heavy atom. The first-order chi connectivity index (χ1) is 14.8. The van der Waals surface area contributed by atoms with Crippen LogP contribution in [0.3, 0.4) is 0 Å². The molecule has 4 aromatic rings. The maximum atomic E-state index is 5.94. The molecular formula is C25H24N4O. The van der Waals surface area contributed by atoms with Gasteiger partial charge >= 0.3 is 0 Å². The van der Waals surface area contributed by atoms with Crippen molar-refractivity contribution in [2.24, 2.45) is 0 Å². The van der Waals surface area contributed by atoms with Crippen LogP contribution in [0.25, 0.3) is 0 Å². The highest BCUT2D eigenvalue weighted by atomic mass is 16.5. The smallest absolute Gasteiger partial charge is 0.222 e. The van der Waals surface area contributed by atoms with E-state index in [2.05, 4.69) is 70.9 Å². The van der Waals surface area contributed by atoms with Crippen LogP contribution < -0.4 is 10.1 Å². The lowest BCUT2D eigenvalue weighted by atomic mass is 9.93. The van der Waals surface area contributed by atoms with Gasteiger partial charge in [-0.05, 0) is 42.2 Å². The minimum atomic E-state index is 0.123. The number of anilines is 1. The van der Waals surface area contributed by atoms with Crippen LogP contribution in [0.4, 0.5) is 5.95 Å². The summed E-state index contributed by atoms with van der Waals surface area (Å²) in [5.74, 6) is 1.67. The number of aryl methyl sites for hydroxylation is 1. The summed E-state index contributed by atoms with van der Waals surface area (Å²) in [4.78, 5) is 4.42. The SMILES string of the molecule is Cc1ccc([C@H]2C[C@@H](c3ccc(OCc4ccccc4)cc3)n3ncnc3N2)cc1. The third kappa shape index (κ3) is 3.79. The lowest BCUT2D eigenvalue weighted by Crippen LogP contribution is -2.28. The molecule has 5 heteroatoms. The molecule has 2 heterocycles. The molecule has 1 aromatic heterocycles. The van der Waals surface area contributed by atoms with Crippen LogP contribution >= 0.6 is 0 Å². The molecule has 1 N–H and O–H groups in total. The Bertz CT molecular complexity index is 1100. The molecule has 1 aliphatic rings. The van der Waals surface area contributed by atoms with E-state index in [4.69, 9.17) is 4.74 Å². The van der Waals surface area contributed by atoms with E-state index >= 15 is 0 Å². The summed E-state index contributed by atoms with van der Waals surface area (Å²) >= 11 is 0. The molecule has 0 fully saturated rings. The number of hydrogen-bond acceptors (Lipinski definition) is 4. The molecule has 2 atom stereocenters. The van der Waals surface area contributed by atoms with Crippen LogP contribution in [0.2, 0.25) is 0 Å². The molecule has 5 rings (SSSR count). The minimum Gasteiger partial charge on any atom is -0.489 e. The van der Waals surface area contributed by atoms with Crippen LogP contribution in [0.15, 0.2) is 85.2 Å². The van der Waals surface area contributed by atoms with E-state index in [9.17, 15) is 0 Å². The fourth-order valence-corrected chi connectivity index (χ4v) is 3.94. The van der Waals surface area contributed by atoms with Crippen LogP contribution in [0.5, 0.6) is 5.75 Å². The molecule has 0 amide bonds. The Morgan fingerprint density at radius 1 is 0.933 bits per heavy atom. The summed E-state index contributed by atoms with van der Waals surface area (Å²) in [6.45, 7) is 2.68. The zero-order valence-electron chi connectivity index (χ0n) is 16.9. The Balaban J connectivity index is 1.35. The summed E-state index contributed by atoms with van der Waals surface area (Å²) in [5.41, 5.74) is 4.89. The monoisotopic (exact) mass is 396 g/mol. The van der Waals surface area contributed by atoms with Gasteiger partial charge in [-0.25, -0.2) is 4.68 Å². The summed E-state index contributed by atoms with van der Waals surface area (Å²) in [6.07, 6.45) is 2.52. The van der Waals surface area contributed by atoms with Gasteiger partial charge in [0.1, 0.15) is 18.7 Å². The summed E-state index contributed by atoms with van der Waals surface area (Å²) in [6, 6.07) is 27.6. The number of hydrogen-bond donors (Lipinski definition) is 1. The van der Waals surface area contributed by atoms with E-state index in [-0.39, 0.29) is 12.1 Å². The molecule has 0 unspecified atom stereocenters. The van der Waals surface area contributed by atoms with Crippen molar-refractivity contribution in [3.8, 4) is 5.75 Å². The van der Waals surface area contributed by atoms with Crippen molar-refractivity contribution in [2.75, 3.05) is 5.32 Å². The maximum absolute atomic E-state index is 5.94. The van der Waals surface area contributed by atoms with Crippen molar-refractivity contribution in [1.29, 1.82) is 0 Å². The molecule has 3 aromatic carbocycles. The quantitative estimate of drug-likeness (QED) is 0.497. The van der Waals surface area contributed by atoms with Crippen LogP contribution in [-0.4, -0.2) is 14.8 Å². The Labute approximate surface area is 176 Å². The largest absolute Gasteiger partial charge is 0.489 e. The molecule has 0 radical (unpaired) electrons. The van der Waals surface area contributed by atoms with E-state index < -0.39 is 0 Å². The minimum absolute atomic E-state index is 0.123. The average Bonchev–Trinajstić information content (AvgIpc) is 3.27. The van der Waals surface area contributed by atoms with Gasteiger partial charge in [0.2, 0.25) is 5.95 Å². The summed E-state index contributed by atoms with van der Waals surface area (Å²) in [5, 5.41) is 7.99. The number of aromatic nitrogens is 3. The second-order valence-electron chi connectivity index (χ2n) is 7.73. The lowest BCUT2D eigenvalue weighted by Gasteiger charge is -2.32. The Hall–Kier alpha value is -3.60. The normalized spacial score (nSPS) is 17.8. The van der Waals surface area contributed by atoms with Gasteiger partial charge in [0.25, 0.3) is 0 Å². The predicted molar refractivity (Wildman–Crippen MR) is 118 cm³/mol. The molecule has 0 spiro atoms. The molecule has 150 valence electrons. The number of rotatable bonds is 5. The Kier molecular flexibility index (Phi) is 4.93. The predicted octanol–water partition coefficient (Wildman–Crippen LogP) is 5.31. The first-order valence-electron chi connectivity index (χ1n) is 10.3. The topological polar surface area (TPSA) is 52.0 Å². The van der Waals surface area contributed by atoms with Crippen molar-refractivity contribution < 1.29 is 4.74 Å². The fourth-order valence-electron chi connectivity index (χ4n) is 3.94. The summed E-state index contributed by atoms with van der Waals surface area (Å²) < 4.78 is 7.92. The zero-order valence-corrected chi connectivity index (χ0v) is 16.9. The summed E-state index contributed by atoms with van der Waals surface area (Å²) in [7, 11) is 0. The third-order valence-corrected chi connectivity index (χ3v) is 5.62. The van der Waals surface area contributed by atoms with Gasteiger partial charge in [-0.2, -0.15) is 10.1 Å². The van der Waals surface area contributed by atoms with Crippen molar-refractivity contribution in [1.82, 2.24) is 14.8 Å². The molecular weight excluding hydrogens is 372 g/mol. The van der Waals surface area contributed by atoms with Gasteiger partial charge in [-0.1, -0.05) is 72.3 Å². The van der Waals surface area contributed by atoms with Gasteiger partial charge in [0.05, 0.1) is 12.1 Å². The fraction of sp³-hybridized carbons (Fsp3) is 0.200. The van der Waals surface area contributed by atoms with E-state index in [0.29, 0.717) is 6.61 Å². The molecule has 0 bridgehead atoms. The van der Waals surface area contributed by atoms with Gasteiger partial charge in [-0.15, -0.1) is 0 Å². The molecule has 1 aliphatic heterocycles. The number of nitrogens with one attached hydrogen (secondary N) is 1. The highest BCUT2D eigenvalue weighted by Gasteiger charge is 2.29. The number of nitrogens with zero attached hydrogens (tertiary/aromatic N) is 3. The number of ether oxygens (including phenoxy) is 1. The van der Waals surface area contributed by atoms with Crippen molar-refractivity contribution in [3.05, 3.63) is 107 Å². The molecule has 0 aliphatic carbocycles. The standard InChI is InChI=1S/C25H24N4O/c1-18-7-9-20(10-8-18)23-15-24(29-25(28-23)26-17-27-29)21-11-13-22(14-12-21)30-16-19-5-3-2-4-6-19/h2-14,17,23-24H,15-16H2,1H3,(H,26,27,28)/t23-,24+/m1/s1. The number of benzene rings is 3. The highest BCUT2D eigenvalue weighted by Crippen LogP contribution is 2.37. The molecule has 0 saturated carbocycles. The molecule has 5 nitrogen and oxygen atoms in total. The average molecular weight is 396 g/mol. The molecule has 0 saturated heterocycles. The van der Waals surface area contributed by atoms with E-state index in [0.717, 1.165) is 23.7 Å². The van der Waals surface area contributed by atoms with E-state index in [1.165, 1.54) is 16.7 Å². The van der Waals surface area contributed by atoms with Crippen LogP contribution in [-0.2, 0) is 6.61 Å². The number of fused-ring (bicyclic) bond motifs is 1. The van der Waals surface area contributed by atoms with Gasteiger partial charge in [-0.3, -0.25) is 0 Å². The van der Waals surface area contributed by atoms with E-state index in [1.54, 1.807) is 6.33 Å². The van der Waals surface area contributed by atoms with Crippen LogP contribution in [0, 0.1) is 6.92 Å².